The molecular weight excluding hydrogens is 231 g/mol. The van der Waals surface area contributed by atoms with Crippen LogP contribution in [0.25, 0.3) is 0 Å². The number of hydrogen-bond acceptors (Lipinski definition) is 2. The molecule has 0 radical (unpaired) electrons. The summed E-state index contributed by atoms with van der Waals surface area (Å²) in [5, 5.41) is 9.47. The number of aliphatic hydroxyl groups excluding tert-OH is 1. The van der Waals surface area contributed by atoms with Crippen LogP contribution in [0.3, 0.4) is 0 Å². The van der Waals surface area contributed by atoms with Gasteiger partial charge in [0.15, 0.2) is 0 Å². The predicted octanol–water partition coefficient (Wildman–Crippen LogP) is 3.46. The zero-order valence-electron chi connectivity index (χ0n) is 10.1. The third-order valence-electron chi connectivity index (χ3n) is 2.66. The summed E-state index contributed by atoms with van der Waals surface area (Å²) in [4.78, 5) is 0. The average Bonchev–Trinajstić information content (AvgIpc) is 2.38. The number of halogens is 1. The molecule has 0 aliphatic heterocycles. The molecule has 2 aromatic rings. The van der Waals surface area contributed by atoms with Gasteiger partial charge in [-0.1, -0.05) is 24.3 Å². The Labute approximate surface area is 106 Å². The molecule has 0 spiro atoms. The van der Waals surface area contributed by atoms with E-state index in [4.69, 9.17) is 4.74 Å². The van der Waals surface area contributed by atoms with Gasteiger partial charge in [-0.05, 0) is 42.3 Å². The molecule has 0 fully saturated rings. The Kier molecular flexibility index (Phi) is 3.95. The number of benzene rings is 2. The molecule has 18 heavy (non-hydrogen) atoms. The second-order valence-electron chi connectivity index (χ2n) is 4.16. The van der Waals surface area contributed by atoms with Crippen molar-refractivity contribution >= 4 is 0 Å². The molecule has 94 valence electrons. The summed E-state index contributed by atoms with van der Waals surface area (Å²) >= 11 is 0. The van der Waals surface area contributed by atoms with E-state index in [1.807, 2.05) is 18.2 Å². The molecule has 0 unspecified atom stereocenters. The molecule has 1 atom stereocenters. The van der Waals surface area contributed by atoms with Crippen LogP contribution in [0.5, 0.6) is 5.75 Å². The molecule has 0 heterocycles. The SMILES string of the molecule is C[C@H](O)c1cccc(OCc2ccc(F)cc2)c1. The highest BCUT2D eigenvalue weighted by Gasteiger charge is 2.02. The van der Waals surface area contributed by atoms with Crippen LogP contribution in [0, 0.1) is 5.82 Å². The maximum atomic E-state index is 12.7. The first-order valence-electron chi connectivity index (χ1n) is 5.80. The molecule has 0 aliphatic carbocycles. The summed E-state index contributed by atoms with van der Waals surface area (Å²) in [6.45, 7) is 2.09. The van der Waals surface area contributed by atoms with E-state index in [0.717, 1.165) is 11.1 Å². The van der Waals surface area contributed by atoms with Gasteiger partial charge in [0.2, 0.25) is 0 Å². The molecule has 2 aromatic carbocycles. The standard InChI is InChI=1S/C15H15FO2/c1-11(17)13-3-2-4-15(9-13)18-10-12-5-7-14(16)8-6-12/h2-9,11,17H,10H2,1H3/t11-/m0/s1. The van der Waals surface area contributed by atoms with Gasteiger partial charge < -0.3 is 9.84 Å². The zero-order valence-corrected chi connectivity index (χ0v) is 10.1. The largest absolute Gasteiger partial charge is 0.489 e. The van der Waals surface area contributed by atoms with Gasteiger partial charge in [0, 0.05) is 0 Å². The van der Waals surface area contributed by atoms with Gasteiger partial charge >= 0.3 is 0 Å². The van der Waals surface area contributed by atoms with Gasteiger partial charge in [-0.2, -0.15) is 0 Å². The van der Waals surface area contributed by atoms with Crippen LogP contribution in [0.2, 0.25) is 0 Å². The van der Waals surface area contributed by atoms with E-state index in [0.29, 0.717) is 12.4 Å². The Bertz CT molecular complexity index is 506. The summed E-state index contributed by atoms with van der Waals surface area (Å²) < 4.78 is 18.3. The maximum absolute atomic E-state index is 12.7. The third kappa shape index (κ3) is 3.31. The number of aliphatic hydroxyl groups is 1. The second kappa shape index (κ2) is 5.65. The quantitative estimate of drug-likeness (QED) is 0.895. The number of rotatable bonds is 4. The summed E-state index contributed by atoms with van der Waals surface area (Å²) in [6.07, 6.45) is -0.514. The lowest BCUT2D eigenvalue weighted by Crippen LogP contribution is -1.97. The lowest BCUT2D eigenvalue weighted by Gasteiger charge is -2.09. The molecular formula is C15H15FO2. The molecule has 0 aliphatic rings. The van der Waals surface area contributed by atoms with Crippen LogP contribution in [-0.2, 0) is 6.61 Å². The van der Waals surface area contributed by atoms with Crippen LogP contribution in [0.1, 0.15) is 24.2 Å². The van der Waals surface area contributed by atoms with Gasteiger partial charge in [0.05, 0.1) is 6.10 Å². The highest BCUT2D eigenvalue weighted by Crippen LogP contribution is 2.19. The second-order valence-corrected chi connectivity index (χ2v) is 4.16. The summed E-state index contributed by atoms with van der Waals surface area (Å²) in [5.74, 6) is 0.438. The first-order chi connectivity index (χ1) is 8.65. The smallest absolute Gasteiger partial charge is 0.123 e. The van der Waals surface area contributed by atoms with Gasteiger partial charge in [0.1, 0.15) is 18.2 Å². The molecule has 3 heteroatoms. The van der Waals surface area contributed by atoms with Gasteiger partial charge in [-0.25, -0.2) is 4.39 Å². The monoisotopic (exact) mass is 246 g/mol. The molecule has 0 amide bonds. The Hall–Kier alpha value is -1.87. The van der Waals surface area contributed by atoms with E-state index in [1.165, 1.54) is 12.1 Å². The Morgan fingerprint density at radius 1 is 1.17 bits per heavy atom. The summed E-state index contributed by atoms with van der Waals surface area (Å²) in [6, 6.07) is 13.5. The van der Waals surface area contributed by atoms with Crippen LogP contribution in [-0.4, -0.2) is 5.11 Å². The molecule has 0 bridgehead atoms. The normalized spacial score (nSPS) is 12.2. The van der Waals surface area contributed by atoms with Gasteiger partial charge in [-0.15, -0.1) is 0 Å². The fourth-order valence-electron chi connectivity index (χ4n) is 1.61. The van der Waals surface area contributed by atoms with Crippen molar-refractivity contribution < 1.29 is 14.2 Å². The van der Waals surface area contributed by atoms with Gasteiger partial charge in [0.25, 0.3) is 0 Å². The fraction of sp³-hybridized carbons (Fsp3) is 0.200. The maximum Gasteiger partial charge on any atom is 0.123 e. The lowest BCUT2D eigenvalue weighted by atomic mass is 10.1. The Balaban J connectivity index is 2.01. The van der Waals surface area contributed by atoms with Crippen molar-refractivity contribution in [2.75, 3.05) is 0 Å². The zero-order chi connectivity index (χ0) is 13.0. The van der Waals surface area contributed by atoms with E-state index in [2.05, 4.69) is 0 Å². The van der Waals surface area contributed by atoms with E-state index >= 15 is 0 Å². The topological polar surface area (TPSA) is 29.5 Å². The molecule has 2 rings (SSSR count). The van der Waals surface area contributed by atoms with Gasteiger partial charge in [-0.3, -0.25) is 0 Å². The van der Waals surface area contributed by atoms with Crippen molar-refractivity contribution in [3.63, 3.8) is 0 Å². The first-order valence-corrected chi connectivity index (χ1v) is 5.80. The number of ether oxygens (including phenoxy) is 1. The van der Waals surface area contributed by atoms with Crippen molar-refractivity contribution in [3.8, 4) is 5.75 Å². The highest BCUT2D eigenvalue weighted by atomic mass is 19.1. The summed E-state index contributed by atoms with van der Waals surface area (Å²) in [7, 11) is 0. The first kappa shape index (κ1) is 12.6. The predicted molar refractivity (Wildman–Crippen MR) is 67.8 cm³/mol. The van der Waals surface area contributed by atoms with Crippen molar-refractivity contribution in [1.29, 1.82) is 0 Å². The van der Waals surface area contributed by atoms with Crippen LogP contribution >= 0.6 is 0 Å². The molecule has 1 N–H and O–H groups in total. The Morgan fingerprint density at radius 2 is 1.89 bits per heavy atom. The average molecular weight is 246 g/mol. The van der Waals surface area contributed by atoms with Crippen LogP contribution in [0.15, 0.2) is 48.5 Å². The third-order valence-corrected chi connectivity index (χ3v) is 2.66. The van der Waals surface area contributed by atoms with Crippen molar-refractivity contribution in [3.05, 3.63) is 65.5 Å². The highest BCUT2D eigenvalue weighted by molar-refractivity contribution is 5.30. The van der Waals surface area contributed by atoms with Crippen molar-refractivity contribution in [2.45, 2.75) is 19.6 Å². The minimum absolute atomic E-state index is 0.255. The molecule has 0 saturated carbocycles. The molecule has 2 nitrogen and oxygen atoms in total. The summed E-state index contributed by atoms with van der Waals surface area (Å²) in [5.41, 5.74) is 1.71. The van der Waals surface area contributed by atoms with Crippen molar-refractivity contribution in [2.24, 2.45) is 0 Å². The molecule has 0 saturated heterocycles. The minimum Gasteiger partial charge on any atom is -0.489 e. The van der Waals surface area contributed by atoms with Crippen molar-refractivity contribution in [1.82, 2.24) is 0 Å². The van der Waals surface area contributed by atoms with E-state index in [-0.39, 0.29) is 5.82 Å². The van der Waals surface area contributed by atoms with E-state index in [1.54, 1.807) is 25.1 Å². The number of hydrogen-bond donors (Lipinski definition) is 1. The Morgan fingerprint density at radius 3 is 2.56 bits per heavy atom. The lowest BCUT2D eigenvalue weighted by molar-refractivity contribution is 0.198. The van der Waals surface area contributed by atoms with E-state index < -0.39 is 6.10 Å². The van der Waals surface area contributed by atoms with Crippen LogP contribution in [0.4, 0.5) is 4.39 Å². The van der Waals surface area contributed by atoms with E-state index in [9.17, 15) is 9.50 Å². The van der Waals surface area contributed by atoms with Crippen LogP contribution < -0.4 is 4.74 Å². The molecule has 0 aromatic heterocycles. The fourth-order valence-corrected chi connectivity index (χ4v) is 1.61. The minimum atomic E-state index is -0.514.